The minimum absolute atomic E-state index is 0.00632. The highest BCUT2D eigenvalue weighted by molar-refractivity contribution is 5.92. The molecule has 0 aliphatic carbocycles. The fourth-order valence-corrected chi connectivity index (χ4v) is 2.12. The monoisotopic (exact) mass is 284 g/mol. The van der Waals surface area contributed by atoms with Crippen LogP contribution in [0.3, 0.4) is 0 Å². The van der Waals surface area contributed by atoms with E-state index in [1.807, 2.05) is 0 Å². The molecule has 0 radical (unpaired) electrons. The van der Waals surface area contributed by atoms with Crippen LogP contribution in [0.2, 0.25) is 0 Å². The molecule has 1 aliphatic rings. The average molecular weight is 284 g/mol. The molecule has 20 heavy (non-hydrogen) atoms. The normalized spacial score (nSPS) is 18.8. The van der Waals surface area contributed by atoms with Gasteiger partial charge in [-0.1, -0.05) is 6.07 Å². The maximum absolute atomic E-state index is 13.3. The molecule has 6 heteroatoms. The van der Waals surface area contributed by atoms with E-state index >= 15 is 0 Å². The fourth-order valence-electron chi connectivity index (χ4n) is 2.12. The standard InChI is InChI=1S/C14H18F2N2O2/c15-11-5-3-6-12(16)14(11)18-13(19)9-17-8-10-4-1-2-7-20-10/h3,5-6,10,17H,1-2,4,7-9H2,(H,18,19). The summed E-state index contributed by atoms with van der Waals surface area (Å²) in [6.45, 7) is 1.31. The van der Waals surface area contributed by atoms with E-state index in [-0.39, 0.29) is 12.6 Å². The van der Waals surface area contributed by atoms with Crippen molar-refractivity contribution in [1.29, 1.82) is 0 Å². The van der Waals surface area contributed by atoms with Gasteiger partial charge in [-0.2, -0.15) is 0 Å². The van der Waals surface area contributed by atoms with Crippen LogP contribution in [0.5, 0.6) is 0 Å². The zero-order chi connectivity index (χ0) is 14.4. The van der Waals surface area contributed by atoms with Gasteiger partial charge in [0.25, 0.3) is 0 Å². The summed E-state index contributed by atoms with van der Waals surface area (Å²) in [6.07, 6.45) is 3.28. The quantitative estimate of drug-likeness (QED) is 0.870. The van der Waals surface area contributed by atoms with Crippen LogP contribution in [0.15, 0.2) is 18.2 Å². The van der Waals surface area contributed by atoms with Gasteiger partial charge >= 0.3 is 0 Å². The number of benzene rings is 1. The van der Waals surface area contributed by atoms with Gasteiger partial charge in [-0.05, 0) is 31.4 Å². The predicted octanol–water partition coefficient (Wildman–Crippen LogP) is 2.06. The van der Waals surface area contributed by atoms with E-state index in [4.69, 9.17) is 4.74 Å². The molecule has 2 N–H and O–H groups in total. The number of ether oxygens (including phenoxy) is 1. The summed E-state index contributed by atoms with van der Waals surface area (Å²) in [7, 11) is 0. The second kappa shape index (κ2) is 7.31. The molecular weight excluding hydrogens is 266 g/mol. The second-order valence-corrected chi connectivity index (χ2v) is 4.76. The van der Waals surface area contributed by atoms with E-state index in [0.717, 1.165) is 38.0 Å². The zero-order valence-electron chi connectivity index (χ0n) is 11.1. The van der Waals surface area contributed by atoms with Gasteiger partial charge in [0.2, 0.25) is 5.91 Å². The summed E-state index contributed by atoms with van der Waals surface area (Å²) < 4.78 is 32.2. The number of carbonyl (C=O) groups excluding carboxylic acids is 1. The summed E-state index contributed by atoms with van der Waals surface area (Å²) in [4.78, 5) is 11.6. The Morgan fingerprint density at radius 1 is 1.30 bits per heavy atom. The van der Waals surface area contributed by atoms with E-state index in [1.54, 1.807) is 0 Å². The lowest BCUT2D eigenvalue weighted by atomic mass is 10.1. The molecule has 1 amide bonds. The van der Waals surface area contributed by atoms with E-state index in [0.29, 0.717) is 6.54 Å². The number of para-hydroxylation sites is 1. The van der Waals surface area contributed by atoms with Gasteiger partial charge < -0.3 is 15.4 Å². The van der Waals surface area contributed by atoms with Gasteiger partial charge in [0, 0.05) is 13.2 Å². The van der Waals surface area contributed by atoms with Crippen molar-refractivity contribution in [2.45, 2.75) is 25.4 Å². The summed E-state index contributed by atoms with van der Waals surface area (Å²) >= 11 is 0. The average Bonchev–Trinajstić information content (AvgIpc) is 2.44. The minimum Gasteiger partial charge on any atom is -0.377 e. The van der Waals surface area contributed by atoms with Crippen LogP contribution in [0.1, 0.15) is 19.3 Å². The Kier molecular flexibility index (Phi) is 5.43. The van der Waals surface area contributed by atoms with E-state index in [9.17, 15) is 13.6 Å². The maximum Gasteiger partial charge on any atom is 0.238 e. The van der Waals surface area contributed by atoms with Crippen molar-refractivity contribution in [2.75, 3.05) is 25.0 Å². The first-order valence-electron chi connectivity index (χ1n) is 6.73. The van der Waals surface area contributed by atoms with Crippen LogP contribution in [0.25, 0.3) is 0 Å². The van der Waals surface area contributed by atoms with E-state index in [2.05, 4.69) is 10.6 Å². The maximum atomic E-state index is 13.3. The lowest BCUT2D eigenvalue weighted by molar-refractivity contribution is -0.115. The van der Waals surface area contributed by atoms with Gasteiger partial charge in [0.15, 0.2) is 0 Å². The molecule has 4 nitrogen and oxygen atoms in total. The first kappa shape index (κ1) is 14.9. The Hall–Kier alpha value is -1.53. The van der Waals surface area contributed by atoms with E-state index < -0.39 is 23.2 Å². The Bertz CT molecular complexity index is 442. The largest absolute Gasteiger partial charge is 0.377 e. The van der Waals surface area contributed by atoms with Crippen molar-refractivity contribution >= 4 is 11.6 Å². The molecule has 0 aromatic heterocycles. The molecule has 0 bridgehead atoms. The molecule has 1 saturated heterocycles. The second-order valence-electron chi connectivity index (χ2n) is 4.76. The third-order valence-electron chi connectivity index (χ3n) is 3.16. The van der Waals surface area contributed by atoms with Crippen molar-refractivity contribution in [1.82, 2.24) is 5.32 Å². The number of amides is 1. The van der Waals surface area contributed by atoms with Gasteiger partial charge in [0.1, 0.15) is 17.3 Å². The lowest BCUT2D eigenvalue weighted by Gasteiger charge is -2.22. The highest BCUT2D eigenvalue weighted by atomic mass is 19.1. The van der Waals surface area contributed by atoms with Crippen LogP contribution in [0, 0.1) is 11.6 Å². The van der Waals surface area contributed by atoms with Gasteiger partial charge in [-0.3, -0.25) is 4.79 Å². The zero-order valence-corrected chi connectivity index (χ0v) is 11.1. The van der Waals surface area contributed by atoms with Crippen molar-refractivity contribution < 1.29 is 18.3 Å². The third kappa shape index (κ3) is 4.25. The number of rotatable bonds is 5. The Morgan fingerprint density at radius 3 is 2.70 bits per heavy atom. The van der Waals surface area contributed by atoms with Crippen molar-refractivity contribution in [3.63, 3.8) is 0 Å². The number of carbonyl (C=O) groups is 1. The highest BCUT2D eigenvalue weighted by Gasteiger charge is 2.15. The Balaban J connectivity index is 1.75. The van der Waals surface area contributed by atoms with Gasteiger partial charge in [-0.25, -0.2) is 8.78 Å². The smallest absolute Gasteiger partial charge is 0.238 e. The number of hydrogen-bond acceptors (Lipinski definition) is 3. The van der Waals surface area contributed by atoms with Crippen LogP contribution in [0.4, 0.5) is 14.5 Å². The fraction of sp³-hybridized carbons (Fsp3) is 0.500. The summed E-state index contributed by atoms with van der Waals surface area (Å²) in [5.41, 5.74) is -0.409. The first-order valence-corrected chi connectivity index (χ1v) is 6.73. The molecule has 1 heterocycles. The molecular formula is C14H18F2N2O2. The summed E-state index contributed by atoms with van der Waals surface area (Å²) in [5.74, 6) is -2.05. The first-order chi connectivity index (χ1) is 9.66. The third-order valence-corrected chi connectivity index (χ3v) is 3.16. The highest BCUT2D eigenvalue weighted by Crippen LogP contribution is 2.17. The van der Waals surface area contributed by atoms with Crippen LogP contribution >= 0.6 is 0 Å². The van der Waals surface area contributed by atoms with Crippen molar-refractivity contribution in [3.8, 4) is 0 Å². The number of halogens is 2. The minimum atomic E-state index is -0.783. The Morgan fingerprint density at radius 2 is 2.05 bits per heavy atom. The summed E-state index contributed by atoms with van der Waals surface area (Å²) in [6, 6.07) is 3.45. The van der Waals surface area contributed by atoms with Crippen molar-refractivity contribution in [2.24, 2.45) is 0 Å². The molecule has 0 spiro atoms. The topological polar surface area (TPSA) is 50.4 Å². The van der Waals surface area contributed by atoms with Gasteiger partial charge in [0.05, 0.1) is 12.6 Å². The lowest BCUT2D eigenvalue weighted by Crippen LogP contribution is -2.36. The number of hydrogen-bond donors (Lipinski definition) is 2. The van der Waals surface area contributed by atoms with Crippen molar-refractivity contribution in [3.05, 3.63) is 29.8 Å². The predicted molar refractivity (Wildman–Crippen MR) is 71.4 cm³/mol. The van der Waals surface area contributed by atoms with E-state index in [1.165, 1.54) is 6.07 Å². The number of nitrogens with one attached hydrogen (secondary N) is 2. The molecule has 110 valence electrons. The molecule has 1 aliphatic heterocycles. The Labute approximate surface area is 116 Å². The number of anilines is 1. The molecule has 2 rings (SSSR count). The molecule has 1 aromatic carbocycles. The summed E-state index contributed by atoms with van der Waals surface area (Å²) in [5, 5.41) is 5.16. The molecule has 1 atom stereocenters. The SMILES string of the molecule is O=C(CNCC1CCCCO1)Nc1c(F)cccc1F. The molecule has 1 aromatic rings. The molecule has 1 fully saturated rings. The van der Waals surface area contributed by atoms with Crippen LogP contribution in [-0.4, -0.2) is 31.7 Å². The van der Waals surface area contributed by atoms with Crippen LogP contribution < -0.4 is 10.6 Å². The van der Waals surface area contributed by atoms with Gasteiger partial charge in [-0.15, -0.1) is 0 Å². The molecule has 1 unspecified atom stereocenters. The molecule has 0 saturated carbocycles. The van der Waals surface area contributed by atoms with Crippen LogP contribution in [-0.2, 0) is 9.53 Å².